The third-order valence-electron chi connectivity index (χ3n) is 5.19. The first-order valence-electron chi connectivity index (χ1n) is 10.2. The smallest absolute Gasteiger partial charge is 0.204 e. The van der Waals surface area contributed by atoms with E-state index in [1.807, 2.05) is 39.8 Å². The van der Waals surface area contributed by atoms with E-state index in [4.69, 9.17) is 9.15 Å². The Hall–Kier alpha value is -3.47. The fraction of sp³-hybridized carbons (Fsp3) is 0.269. The summed E-state index contributed by atoms with van der Waals surface area (Å²) in [4.78, 5) is 13.4. The summed E-state index contributed by atoms with van der Waals surface area (Å²) in [5.41, 5.74) is 3.77. The number of rotatable bonds is 6. The van der Waals surface area contributed by atoms with Crippen LogP contribution in [0.3, 0.4) is 0 Å². The van der Waals surface area contributed by atoms with E-state index in [1.165, 1.54) is 6.26 Å². The van der Waals surface area contributed by atoms with Crippen molar-refractivity contribution in [3.8, 4) is 28.4 Å². The van der Waals surface area contributed by atoms with Gasteiger partial charge in [0.2, 0.25) is 5.43 Å². The van der Waals surface area contributed by atoms with Crippen molar-refractivity contribution >= 4 is 11.0 Å². The molecule has 0 aliphatic rings. The maximum Gasteiger partial charge on any atom is 0.204 e. The number of methoxy groups -OCH3 is 1. The van der Waals surface area contributed by atoms with Gasteiger partial charge in [-0.1, -0.05) is 35.4 Å². The molecule has 31 heavy (non-hydrogen) atoms. The third kappa shape index (κ3) is 4.50. The quantitative estimate of drug-likeness (QED) is 0.486. The monoisotopic (exact) mass is 420 g/mol. The molecule has 3 aromatic rings. The number of phenolic OH excluding ortho intramolecular Hbond substituents is 2. The van der Waals surface area contributed by atoms with E-state index in [-0.39, 0.29) is 27.9 Å². The molecule has 162 valence electrons. The van der Waals surface area contributed by atoms with E-state index in [0.29, 0.717) is 40.8 Å². The molecule has 3 rings (SSSR count). The molecule has 0 aliphatic carbocycles. The number of phenols is 2. The van der Waals surface area contributed by atoms with Gasteiger partial charge < -0.3 is 19.4 Å². The molecule has 2 aromatic carbocycles. The predicted octanol–water partition coefficient (Wildman–Crippen LogP) is 5.90. The molecule has 0 atom stereocenters. The van der Waals surface area contributed by atoms with Crippen LogP contribution in [0.2, 0.25) is 0 Å². The zero-order valence-electron chi connectivity index (χ0n) is 18.6. The molecule has 0 radical (unpaired) electrons. The van der Waals surface area contributed by atoms with Crippen molar-refractivity contribution in [2.45, 2.75) is 40.5 Å². The van der Waals surface area contributed by atoms with Gasteiger partial charge in [0.15, 0.2) is 0 Å². The number of fused-ring (bicyclic) bond motifs is 1. The Morgan fingerprint density at radius 2 is 1.52 bits per heavy atom. The lowest BCUT2D eigenvalue weighted by atomic mass is 9.95. The van der Waals surface area contributed by atoms with Crippen LogP contribution in [-0.4, -0.2) is 17.3 Å². The van der Waals surface area contributed by atoms with Crippen molar-refractivity contribution in [2.75, 3.05) is 7.11 Å². The van der Waals surface area contributed by atoms with Gasteiger partial charge in [-0.2, -0.15) is 0 Å². The maximum atomic E-state index is 13.4. The number of hydrogen-bond donors (Lipinski definition) is 2. The summed E-state index contributed by atoms with van der Waals surface area (Å²) in [6, 6.07) is 7.05. The van der Waals surface area contributed by atoms with Crippen molar-refractivity contribution in [3.05, 3.63) is 75.2 Å². The van der Waals surface area contributed by atoms with Crippen molar-refractivity contribution in [3.63, 3.8) is 0 Å². The predicted molar refractivity (Wildman–Crippen MR) is 124 cm³/mol. The van der Waals surface area contributed by atoms with Gasteiger partial charge in [-0.15, -0.1) is 0 Å². The lowest BCUT2D eigenvalue weighted by Crippen LogP contribution is -2.08. The fourth-order valence-corrected chi connectivity index (χ4v) is 3.42. The minimum absolute atomic E-state index is 0.0413. The molecule has 2 N–H and O–H groups in total. The first kappa shape index (κ1) is 22.2. The second-order valence-corrected chi connectivity index (χ2v) is 8.04. The van der Waals surface area contributed by atoms with Crippen molar-refractivity contribution in [1.82, 2.24) is 0 Å². The highest BCUT2D eigenvalue weighted by molar-refractivity contribution is 5.92. The van der Waals surface area contributed by atoms with Crippen LogP contribution < -0.4 is 10.2 Å². The fourth-order valence-electron chi connectivity index (χ4n) is 3.42. The molecule has 0 fully saturated rings. The van der Waals surface area contributed by atoms with Crippen molar-refractivity contribution in [2.24, 2.45) is 0 Å². The lowest BCUT2D eigenvalue weighted by Gasteiger charge is -2.14. The number of allylic oxidation sites excluding steroid dienone is 4. The van der Waals surface area contributed by atoms with E-state index in [9.17, 15) is 15.0 Å². The zero-order chi connectivity index (χ0) is 22.7. The topological polar surface area (TPSA) is 79.9 Å². The molecule has 0 spiro atoms. The first-order chi connectivity index (χ1) is 14.7. The second kappa shape index (κ2) is 9.13. The summed E-state index contributed by atoms with van der Waals surface area (Å²) in [6.07, 6.45) is 5.93. The largest absolute Gasteiger partial charge is 0.507 e. The van der Waals surface area contributed by atoms with Gasteiger partial charge >= 0.3 is 0 Å². The second-order valence-electron chi connectivity index (χ2n) is 8.04. The van der Waals surface area contributed by atoms with Crippen LogP contribution in [-0.2, 0) is 12.8 Å². The Balaban J connectivity index is 2.32. The van der Waals surface area contributed by atoms with E-state index < -0.39 is 0 Å². The Kier molecular flexibility index (Phi) is 6.54. The molecule has 1 aromatic heterocycles. The van der Waals surface area contributed by atoms with Crippen LogP contribution in [0.5, 0.6) is 17.2 Å². The van der Waals surface area contributed by atoms with Gasteiger partial charge in [0, 0.05) is 11.1 Å². The molecule has 5 nitrogen and oxygen atoms in total. The van der Waals surface area contributed by atoms with E-state index in [2.05, 4.69) is 0 Å². The number of ether oxygens (including phenoxy) is 1. The van der Waals surface area contributed by atoms with Crippen LogP contribution in [0.4, 0.5) is 0 Å². The highest BCUT2D eigenvalue weighted by Crippen LogP contribution is 2.40. The van der Waals surface area contributed by atoms with Gasteiger partial charge in [-0.25, -0.2) is 0 Å². The lowest BCUT2D eigenvalue weighted by molar-refractivity contribution is 0.415. The first-order valence-corrected chi connectivity index (χ1v) is 10.2. The highest BCUT2D eigenvalue weighted by atomic mass is 16.5. The van der Waals surface area contributed by atoms with Crippen LogP contribution in [0, 0.1) is 0 Å². The molecular formula is C26H28O5. The Morgan fingerprint density at radius 3 is 2.06 bits per heavy atom. The highest BCUT2D eigenvalue weighted by Gasteiger charge is 2.23. The van der Waals surface area contributed by atoms with Crippen molar-refractivity contribution in [1.29, 1.82) is 0 Å². The summed E-state index contributed by atoms with van der Waals surface area (Å²) in [5, 5.41) is 22.0. The van der Waals surface area contributed by atoms with E-state index in [0.717, 1.165) is 11.1 Å². The number of benzene rings is 2. The summed E-state index contributed by atoms with van der Waals surface area (Å²) < 4.78 is 11.0. The summed E-state index contributed by atoms with van der Waals surface area (Å²) in [7, 11) is 1.58. The molecule has 1 heterocycles. The number of hydrogen-bond acceptors (Lipinski definition) is 5. The summed E-state index contributed by atoms with van der Waals surface area (Å²) in [6.45, 7) is 7.80. The molecule has 0 saturated heterocycles. The molecule has 0 bridgehead atoms. The standard InChI is InChI=1S/C26H28O5/c1-15(2)6-12-19-23(27)20(13-7-16(3)4)26-22(24(19)28)25(29)21(14-31-26)17-8-10-18(30-5)11-9-17/h6-11,14,27-28H,12-13H2,1-5H3. The van der Waals surface area contributed by atoms with Gasteiger partial charge in [0.1, 0.15) is 34.5 Å². The van der Waals surface area contributed by atoms with Gasteiger partial charge in [0.25, 0.3) is 0 Å². The van der Waals surface area contributed by atoms with Gasteiger partial charge in [-0.3, -0.25) is 4.79 Å². The van der Waals surface area contributed by atoms with E-state index in [1.54, 1.807) is 31.4 Å². The van der Waals surface area contributed by atoms with Gasteiger partial charge in [0.05, 0.1) is 12.7 Å². The van der Waals surface area contributed by atoms with E-state index >= 15 is 0 Å². The third-order valence-corrected chi connectivity index (χ3v) is 5.19. The minimum atomic E-state index is -0.346. The minimum Gasteiger partial charge on any atom is -0.507 e. The zero-order valence-corrected chi connectivity index (χ0v) is 18.6. The van der Waals surface area contributed by atoms with Crippen LogP contribution >= 0.6 is 0 Å². The summed E-state index contributed by atoms with van der Waals surface area (Å²) in [5.74, 6) is 0.394. The average molecular weight is 421 g/mol. The molecule has 0 aliphatic heterocycles. The molecule has 0 amide bonds. The van der Waals surface area contributed by atoms with Crippen LogP contribution in [0.1, 0.15) is 38.8 Å². The average Bonchev–Trinajstić information content (AvgIpc) is 2.73. The Labute approximate surface area is 181 Å². The molecule has 0 saturated carbocycles. The summed E-state index contributed by atoms with van der Waals surface area (Å²) >= 11 is 0. The number of aromatic hydroxyl groups is 2. The molecule has 0 unspecified atom stereocenters. The van der Waals surface area contributed by atoms with Gasteiger partial charge in [-0.05, 0) is 58.2 Å². The van der Waals surface area contributed by atoms with Crippen LogP contribution in [0.15, 0.2) is 63.0 Å². The normalized spacial score (nSPS) is 10.7. The molecular weight excluding hydrogens is 392 g/mol. The Morgan fingerprint density at radius 1 is 0.935 bits per heavy atom. The maximum absolute atomic E-state index is 13.4. The SMILES string of the molecule is COc1ccc(-c2coc3c(CC=C(C)C)c(O)c(CC=C(C)C)c(O)c3c2=O)cc1. The van der Waals surface area contributed by atoms with Crippen molar-refractivity contribution < 1.29 is 19.4 Å². The Bertz CT molecular complexity index is 1220. The van der Waals surface area contributed by atoms with Crippen LogP contribution in [0.25, 0.3) is 22.1 Å². The molecule has 5 heteroatoms.